The molecule has 0 bridgehead atoms. The SMILES string of the molecule is COc1ccccc1-c1nc2cc(C(F)(F)F)cc(-c3cccc(CN(CCN(C)C(=O)OC(C)(C)C)C(=O)OC(C)(C)C)c3)c2[nH]1. The van der Waals surface area contributed by atoms with E-state index in [0.29, 0.717) is 39.3 Å². The van der Waals surface area contributed by atoms with E-state index in [1.807, 2.05) is 0 Å². The number of fused-ring (bicyclic) bond motifs is 1. The number of alkyl halides is 3. The van der Waals surface area contributed by atoms with Crippen LogP contribution in [0, 0.1) is 0 Å². The predicted octanol–water partition coefficient (Wildman–Crippen LogP) is 8.53. The Kier molecular flexibility index (Phi) is 10.1. The molecule has 0 saturated heterocycles. The van der Waals surface area contributed by atoms with E-state index in [2.05, 4.69) is 9.97 Å². The van der Waals surface area contributed by atoms with Crippen molar-refractivity contribution < 1.29 is 37.0 Å². The Morgan fingerprint density at radius 3 is 2.13 bits per heavy atom. The maximum Gasteiger partial charge on any atom is 0.416 e. The minimum atomic E-state index is -4.61. The first-order chi connectivity index (χ1) is 21.8. The number of para-hydroxylation sites is 1. The van der Waals surface area contributed by atoms with Gasteiger partial charge in [-0.15, -0.1) is 0 Å². The molecule has 47 heavy (non-hydrogen) atoms. The zero-order chi connectivity index (χ0) is 34.7. The lowest BCUT2D eigenvalue weighted by atomic mass is 9.99. The summed E-state index contributed by atoms with van der Waals surface area (Å²) in [6.07, 6.45) is -5.75. The van der Waals surface area contributed by atoms with Crippen LogP contribution in [0.15, 0.2) is 60.7 Å². The van der Waals surface area contributed by atoms with Crippen molar-refractivity contribution in [3.05, 3.63) is 71.8 Å². The van der Waals surface area contributed by atoms with Gasteiger partial charge in [0.2, 0.25) is 0 Å². The topological polar surface area (TPSA) is 97.0 Å². The van der Waals surface area contributed by atoms with Gasteiger partial charge in [0.1, 0.15) is 22.8 Å². The van der Waals surface area contributed by atoms with Crippen LogP contribution in [0.5, 0.6) is 5.75 Å². The van der Waals surface area contributed by atoms with Crippen molar-refractivity contribution in [2.45, 2.75) is 65.5 Å². The van der Waals surface area contributed by atoms with Crippen molar-refractivity contribution in [3.8, 4) is 28.3 Å². The van der Waals surface area contributed by atoms with Crippen LogP contribution in [0.2, 0.25) is 0 Å². The zero-order valence-corrected chi connectivity index (χ0v) is 27.9. The van der Waals surface area contributed by atoms with E-state index in [9.17, 15) is 22.8 Å². The van der Waals surface area contributed by atoms with Crippen molar-refractivity contribution in [1.82, 2.24) is 19.8 Å². The molecule has 0 aliphatic heterocycles. The normalized spacial score (nSPS) is 12.1. The molecule has 0 aliphatic rings. The molecule has 12 heteroatoms. The van der Waals surface area contributed by atoms with E-state index in [4.69, 9.17) is 14.2 Å². The van der Waals surface area contributed by atoms with Gasteiger partial charge in [-0.25, -0.2) is 14.6 Å². The molecular formula is C35H41F3N4O5. The Labute approximate surface area is 272 Å². The van der Waals surface area contributed by atoms with Crippen molar-refractivity contribution in [2.75, 3.05) is 27.2 Å². The number of methoxy groups -OCH3 is 1. The van der Waals surface area contributed by atoms with Crippen molar-refractivity contribution >= 4 is 23.2 Å². The van der Waals surface area contributed by atoms with Gasteiger partial charge in [0.05, 0.1) is 29.3 Å². The van der Waals surface area contributed by atoms with Crippen LogP contribution in [0.3, 0.4) is 0 Å². The van der Waals surface area contributed by atoms with Gasteiger partial charge in [-0.1, -0.05) is 30.3 Å². The van der Waals surface area contributed by atoms with Crippen LogP contribution in [0.1, 0.15) is 52.7 Å². The summed E-state index contributed by atoms with van der Waals surface area (Å²) in [5.41, 5.74) is 0.269. The third-order valence-electron chi connectivity index (χ3n) is 6.96. The number of rotatable bonds is 8. The first-order valence-corrected chi connectivity index (χ1v) is 15.1. The zero-order valence-electron chi connectivity index (χ0n) is 27.9. The van der Waals surface area contributed by atoms with Crippen LogP contribution in [0.25, 0.3) is 33.5 Å². The summed E-state index contributed by atoms with van der Waals surface area (Å²) in [5, 5.41) is 0. The van der Waals surface area contributed by atoms with Gasteiger partial charge in [0, 0.05) is 32.2 Å². The molecule has 1 aromatic heterocycles. The number of nitrogens with one attached hydrogen (secondary N) is 1. The van der Waals surface area contributed by atoms with Crippen LogP contribution in [0.4, 0.5) is 22.8 Å². The molecule has 2 amide bonds. The van der Waals surface area contributed by atoms with E-state index < -0.39 is 35.1 Å². The van der Waals surface area contributed by atoms with Gasteiger partial charge < -0.3 is 29.0 Å². The monoisotopic (exact) mass is 654 g/mol. The highest BCUT2D eigenvalue weighted by Gasteiger charge is 2.32. The average molecular weight is 655 g/mol. The number of hydrogen-bond donors (Lipinski definition) is 1. The van der Waals surface area contributed by atoms with Crippen LogP contribution < -0.4 is 4.74 Å². The molecule has 0 spiro atoms. The number of imidazole rings is 1. The second-order valence-corrected chi connectivity index (χ2v) is 13.2. The molecule has 3 aromatic carbocycles. The molecule has 0 unspecified atom stereocenters. The number of carbonyl (C=O) groups excluding carboxylic acids is 2. The Hall–Kier alpha value is -4.74. The van der Waals surface area contributed by atoms with Crippen molar-refractivity contribution in [3.63, 3.8) is 0 Å². The third kappa shape index (κ3) is 9.17. The molecule has 252 valence electrons. The molecule has 0 aliphatic carbocycles. The van der Waals surface area contributed by atoms with Crippen LogP contribution >= 0.6 is 0 Å². The first kappa shape index (κ1) is 35.1. The number of carbonyl (C=O) groups is 2. The number of H-pyrrole nitrogens is 1. The fraction of sp³-hybridized carbons (Fsp3) is 0.400. The summed E-state index contributed by atoms with van der Waals surface area (Å²) < 4.78 is 58.8. The van der Waals surface area contributed by atoms with Gasteiger partial charge in [-0.05, 0) is 83.0 Å². The van der Waals surface area contributed by atoms with Gasteiger partial charge >= 0.3 is 18.4 Å². The maximum atomic E-state index is 14.1. The Morgan fingerprint density at radius 2 is 1.49 bits per heavy atom. The van der Waals surface area contributed by atoms with Gasteiger partial charge in [0.25, 0.3) is 0 Å². The Balaban J connectivity index is 1.71. The third-order valence-corrected chi connectivity index (χ3v) is 6.96. The molecule has 0 atom stereocenters. The fourth-order valence-corrected chi connectivity index (χ4v) is 4.79. The summed E-state index contributed by atoms with van der Waals surface area (Å²) in [7, 11) is 3.08. The number of halogens is 3. The summed E-state index contributed by atoms with van der Waals surface area (Å²) >= 11 is 0. The molecule has 4 aromatic rings. The maximum absolute atomic E-state index is 14.1. The standard InChI is InChI=1S/C35H41F3N4O5/c1-33(2,3)46-31(43)41(7)16-17-42(32(44)47-34(4,5)6)21-22-12-11-13-23(18-22)26-19-24(35(36,37)38)20-27-29(26)40-30(39-27)25-14-9-10-15-28(25)45-8/h9-15,18-20H,16-17,21H2,1-8H3,(H,39,40). The van der Waals surface area contributed by atoms with Crippen LogP contribution in [-0.2, 0) is 22.2 Å². The number of hydrogen-bond acceptors (Lipinski definition) is 6. The predicted molar refractivity (Wildman–Crippen MR) is 174 cm³/mol. The summed E-state index contributed by atoms with van der Waals surface area (Å²) in [6.45, 7) is 10.9. The highest BCUT2D eigenvalue weighted by Crippen LogP contribution is 2.39. The molecule has 0 fully saturated rings. The quantitative estimate of drug-likeness (QED) is 0.205. The van der Waals surface area contributed by atoms with Gasteiger partial charge in [-0.2, -0.15) is 13.2 Å². The number of ether oxygens (including phenoxy) is 3. The highest BCUT2D eigenvalue weighted by atomic mass is 19.4. The molecule has 0 saturated carbocycles. The molecule has 0 radical (unpaired) electrons. The first-order valence-electron chi connectivity index (χ1n) is 15.1. The number of benzene rings is 3. The second kappa shape index (κ2) is 13.5. The number of aromatic nitrogens is 2. The minimum absolute atomic E-state index is 0.0719. The Bertz CT molecular complexity index is 1740. The van der Waals surface area contributed by atoms with E-state index in [1.54, 1.807) is 97.1 Å². The number of likely N-dealkylation sites (N-methyl/N-ethyl adjacent to an activating group) is 1. The van der Waals surface area contributed by atoms with E-state index >= 15 is 0 Å². The van der Waals surface area contributed by atoms with Crippen molar-refractivity contribution in [1.29, 1.82) is 0 Å². The largest absolute Gasteiger partial charge is 0.496 e. The lowest BCUT2D eigenvalue weighted by Gasteiger charge is -2.30. The number of nitrogens with zero attached hydrogens (tertiary/aromatic N) is 3. The molecular weight excluding hydrogens is 613 g/mol. The van der Waals surface area contributed by atoms with Gasteiger partial charge in [-0.3, -0.25) is 0 Å². The summed E-state index contributed by atoms with van der Waals surface area (Å²) in [6, 6.07) is 16.1. The van der Waals surface area contributed by atoms with Crippen molar-refractivity contribution in [2.24, 2.45) is 0 Å². The van der Waals surface area contributed by atoms with E-state index in [1.165, 1.54) is 16.9 Å². The molecule has 4 rings (SSSR count). The lowest BCUT2D eigenvalue weighted by Crippen LogP contribution is -2.42. The van der Waals surface area contributed by atoms with Crippen LogP contribution in [-0.4, -0.2) is 70.4 Å². The Morgan fingerprint density at radius 1 is 0.830 bits per heavy atom. The highest BCUT2D eigenvalue weighted by molar-refractivity contribution is 5.95. The van der Waals surface area contributed by atoms with Gasteiger partial charge in [0.15, 0.2) is 0 Å². The lowest BCUT2D eigenvalue weighted by molar-refractivity contribution is -0.137. The minimum Gasteiger partial charge on any atom is -0.496 e. The number of amides is 2. The summed E-state index contributed by atoms with van der Waals surface area (Å²) in [4.78, 5) is 36.3. The molecule has 1 heterocycles. The number of aromatic amines is 1. The second-order valence-electron chi connectivity index (χ2n) is 13.2. The fourth-order valence-electron chi connectivity index (χ4n) is 4.79. The smallest absolute Gasteiger partial charge is 0.416 e. The van der Waals surface area contributed by atoms with E-state index in [0.717, 1.165) is 12.1 Å². The average Bonchev–Trinajstić information content (AvgIpc) is 3.40. The summed E-state index contributed by atoms with van der Waals surface area (Å²) in [5.74, 6) is 0.880. The molecule has 9 nitrogen and oxygen atoms in total. The van der Waals surface area contributed by atoms with E-state index in [-0.39, 0.29) is 25.2 Å². The molecule has 1 N–H and O–H groups in total.